The minimum atomic E-state index is -1.21. The first kappa shape index (κ1) is 22.4. The molecule has 0 aliphatic heterocycles. The Kier molecular flexibility index (Phi) is 5.86. The number of aryl methyl sites for hydroxylation is 3. The molecular weight excluding hydrogens is 438 g/mol. The molecule has 0 bridgehead atoms. The number of benzene rings is 2. The number of carboxylic acid groups (broad SMARTS) is 1. The zero-order valence-electron chi connectivity index (χ0n) is 18.7. The fraction of sp³-hybridized carbons (Fsp3) is 0.200. The SMILES string of the molecule is Cc1cccc(-c2nc3scc(C(=O)O)c3c(=O)n2C(C)C(=O)Nc2cc(C)ccc2C)c1. The van der Waals surface area contributed by atoms with E-state index < -0.39 is 23.5 Å². The highest BCUT2D eigenvalue weighted by Gasteiger charge is 2.26. The van der Waals surface area contributed by atoms with Crippen LogP contribution in [-0.2, 0) is 4.79 Å². The normalized spacial score (nSPS) is 12.0. The topological polar surface area (TPSA) is 101 Å². The monoisotopic (exact) mass is 461 g/mol. The summed E-state index contributed by atoms with van der Waals surface area (Å²) in [4.78, 5) is 43.5. The maximum atomic E-state index is 13.6. The number of fused-ring (bicyclic) bond motifs is 1. The van der Waals surface area contributed by atoms with Crippen molar-refractivity contribution in [3.63, 3.8) is 0 Å². The molecule has 2 aromatic carbocycles. The number of hydrogen-bond donors (Lipinski definition) is 2. The number of hydrogen-bond acceptors (Lipinski definition) is 5. The fourth-order valence-electron chi connectivity index (χ4n) is 3.73. The highest BCUT2D eigenvalue weighted by Crippen LogP contribution is 2.28. The van der Waals surface area contributed by atoms with Crippen LogP contribution in [0.15, 0.2) is 52.6 Å². The lowest BCUT2D eigenvalue weighted by Crippen LogP contribution is -2.34. The Morgan fingerprint density at radius 2 is 1.82 bits per heavy atom. The molecule has 4 rings (SSSR count). The van der Waals surface area contributed by atoms with Gasteiger partial charge in [0.05, 0.1) is 10.9 Å². The van der Waals surface area contributed by atoms with Crippen molar-refractivity contribution >= 4 is 39.1 Å². The van der Waals surface area contributed by atoms with E-state index in [1.54, 1.807) is 6.92 Å². The van der Waals surface area contributed by atoms with Gasteiger partial charge in [-0.2, -0.15) is 0 Å². The van der Waals surface area contributed by atoms with Crippen LogP contribution >= 0.6 is 11.3 Å². The number of anilines is 1. The third-order valence-corrected chi connectivity index (χ3v) is 6.44. The Bertz CT molecular complexity index is 1470. The molecule has 1 amide bonds. The molecule has 0 saturated heterocycles. The van der Waals surface area contributed by atoms with Crippen LogP contribution in [0.25, 0.3) is 21.6 Å². The minimum Gasteiger partial charge on any atom is -0.478 e. The Hall–Kier alpha value is -3.78. The summed E-state index contributed by atoms with van der Waals surface area (Å²) in [6.45, 7) is 7.36. The van der Waals surface area contributed by atoms with E-state index in [-0.39, 0.29) is 10.9 Å². The molecular formula is C25H23N3O4S. The van der Waals surface area contributed by atoms with Gasteiger partial charge >= 0.3 is 5.97 Å². The van der Waals surface area contributed by atoms with Crippen LogP contribution in [0.2, 0.25) is 0 Å². The van der Waals surface area contributed by atoms with Gasteiger partial charge in [-0.05, 0) is 51.0 Å². The molecule has 2 N–H and O–H groups in total. The zero-order chi connectivity index (χ0) is 23.9. The van der Waals surface area contributed by atoms with Crippen molar-refractivity contribution in [1.29, 1.82) is 0 Å². The molecule has 0 aliphatic rings. The van der Waals surface area contributed by atoms with E-state index in [4.69, 9.17) is 0 Å². The van der Waals surface area contributed by atoms with Gasteiger partial charge in [0, 0.05) is 16.6 Å². The van der Waals surface area contributed by atoms with E-state index in [1.807, 2.05) is 63.2 Å². The smallest absolute Gasteiger partial charge is 0.337 e. The van der Waals surface area contributed by atoms with Crippen molar-refractivity contribution in [2.45, 2.75) is 33.7 Å². The van der Waals surface area contributed by atoms with E-state index in [1.165, 1.54) is 9.95 Å². The number of amides is 1. The standard InChI is InChI=1S/C25H23N3O4S/c1-13-6-5-7-17(10-13)21-27-23-20(18(12-33-23)25(31)32)24(30)28(21)16(4)22(29)26-19-11-14(2)8-9-15(19)3/h5-12,16H,1-4H3,(H,26,29)(H,31,32). The summed E-state index contributed by atoms with van der Waals surface area (Å²) in [6.07, 6.45) is 0. The number of aromatic carboxylic acids is 1. The van der Waals surface area contributed by atoms with E-state index in [2.05, 4.69) is 10.3 Å². The van der Waals surface area contributed by atoms with E-state index >= 15 is 0 Å². The Balaban J connectivity index is 1.90. The van der Waals surface area contributed by atoms with Crippen LogP contribution < -0.4 is 10.9 Å². The number of nitrogens with one attached hydrogen (secondary N) is 1. The molecule has 8 heteroatoms. The lowest BCUT2D eigenvalue weighted by atomic mass is 10.1. The first-order chi connectivity index (χ1) is 15.7. The van der Waals surface area contributed by atoms with Gasteiger partial charge in [0.1, 0.15) is 16.7 Å². The third-order valence-electron chi connectivity index (χ3n) is 5.56. The molecule has 0 saturated carbocycles. The average Bonchev–Trinajstić information content (AvgIpc) is 3.20. The predicted octanol–water partition coefficient (Wildman–Crippen LogP) is 4.95. The lowest BCUT2D eigenvalue weighted by molar-refractivity contribution is -0.118. The van der Waals surface area contributed by atoms with Crippen LogP contribution in [0.1, 0.15) is 40.0 Å². The summed E-state index contributed by atoms with van der Waals surface area (Å²) in [5.41, 5.74) is 3.52. The quantitative estimate of drug-likeness (QED) is 0.438. The summed E-state index contributed by atoms with van der Waals surface area (Å²) >= 11 is 1.10. The predicted molar refractivity (Wildman–Crippen MR) is 130 cm³/mol. The van der Waals surface area contributed by atoms with Crippen molar-refractivity contribution in [1.82, 2.24) is 9.55 Å². The fourth-order valence-corrected chi connectivity index (χ4v) is 4.64. The minimum absolute atomic E-state index is 0.00953. The molecule has 1 unspecified atom stereocenters. The van der Waals surface area contributed by atoms with Crippen LogP contribution in [0.5, 0.6) is 0 Å². The molecule has 2 heterocycles. The second-order valence-electron chi connectivity index (χ2n) is 8.10. The van der Waals surface area contributed by atoms with Crippen molar-refractivity contribution in [3.05, 3.63) is 80.5 Å². The van der Waals surface area contributed by atoms with E-state index in [0.29, 0.717) is 21.9 Å². The summed E-state index contributed by atoms with van der Waals surface area (Å²) in [5, 5.41) is 13.9. The molecule has 0 spiro atoms. The van der Waals surface area contributed by atoms with Gasteiger partial charge in [0.25, 0.3) is 5.56 Å². The van der Waals surface area contributed by atoms with Gasteiger partial charge in [0.15, 0.2) is 0 Å². The number of rotatable bonds is 5. The second kappa shape index (κ2) is 8.63. The lowest BCUT2D eigenvalue weighted by Gasteiger charge is -2.20. The van der Waals surface area contributed by atoms with Gasteiger partial charge in [-0.1, -0.05) is 35.9 Å². The van der Waals surface area contributed by atoms with Gasteiger partial charge < -0.3 is 10.4 Å². The summed E-state index contributed by atoms with van der Waals surface area (Å²) < 4.78 is 1.29. The number of carboxylic acids is 1. The molecule has 4 aromatic rings. The molecule has 1 atom stereocenters. The molecule has 168 valence electrons. The van der Waals surface area contributed by atoms with Crippen molar-refractivity contribution in [3.8, 4) is 11.4 Å². The van der Waals surface area contributed by atoms with Crippen molar-refractivity contribution in [2.75, 3.05) is 5.32 Å². The van der Waals surface area contributed by atoms with Crippen molar-refractivity contribution in [2.24, 2.45) is 0 Å². The zero-order valence-corrected chi connectivity index (χ0v) is 19.5. The number of carbonyl (C=O) groups is 2. The van der Waals surface area contributed by atoms with Crippen molar-refractivity contribution < 1.29 is 14.7 Å². The van der Waals surface area contributed by atoms with Gasteiger partial charge in [-0.25, -0.2) is 9.78 Å². The Morgan fingerprint density at radius 3 is 2.52 bits per heavy atom. The maximum Gasteiger partial charge on any atom is 0.337 e. The highest BCUT2D eigenvalue weighted by atomic mass is 32.1. The van der Waals surface area contributed by atoms with E-state index in [0.717, 1.165) is 28.0 Å². The second-order valence-corrected chi connectivity index (χ2v) is 8.96. The van der Waals surface area contributed by atoms with Gasteiger partial charge in [-0.3, -0.25) is 14.2 Å². The summed E-state index contributed by atoms with van der Waals surface area (Å²) in [5.74, 6) is -1.28. The molecule has 0 aliphatic carbocycles. The first-order valence-corrected chi connectivity index (χ1v) is 11.3. The third kappa shape index (κ3) is 4.17. The number of thiophene rings is 1. The summed E-state index contributed by atoms with van der Waals surface area (Å²) in [7, 11) is 0. The van der Waals surface area contributed by atoms with Crippen LogP contribution in [-0.4, -0.2) is 26.5 Å². The number of aromatic nitrogens is 2. The number of nitrogens with zero attached hydrogens (tertiary/aromatic N) is 2. The molecule has 7 nitrogen and oxygen atoms in total. The molecule has 33 heavy (non-hydrogen) atoms. The molecule has 2 aromatic heterocycles. The number of carbonyl (C=O) groups excluding carboxylic acids is 1. The van der Waals surface area contributed by atoms with Gasteiger partial charge in [-0.15, -0.1) is 11.3 Å². The average molecular weight is 462 g/mol. The Morgan fingerprint density at radius 1 is 1.09 bits per heavy atom. The maximum absolute atomic E-state index is 13.6. The van der Waals surface area contributed by atoms with Crippen LogP contribution in [0, 0.1) is 20.8 Å². The van der Waals surface area contributed by atoms with Gasteiger partial charge in [0.2, 0.25) is 5.91 Å². The first-order valence-electron chi connectivity index (χ1n) is 10.4. The Labute approximate surface area is 194 Å². The van der Waals surface area contributed by atoms with E-state index in [9.17, 15) is 19.5 Å². The van der Waals surface area contributed by atoms with Crippen LogP contribution in [0.3, 0.4) is 0 Å². The molecule has 0 radical (unpaired) electrons. The van der Waals surface area contributed by atoms with Crippen LogP contribution in [0.4, 0.5) is 5.69 Å². The largest absolute Gasteiger partial charge is 0.478 e. The highest BCUT2D eigenvalue weighted by molar-refractivity contribution is 7.17. The summed E-state index contributed by atoms with van der Waals surface area (Å²) in [6, 6.07) is 12.3. The molecule has 0 fully saturated rings.